The fourth-order valence-corrected chi connectivity index (χ4v) is 3.12. The van der Waals surface area contributed by atoms with Gasteiger partial charge in [-0.05, 0) is 31.5 Å². The van der Waals surface area contributed by atoms with E-state index in [9.17, 15) is 9.00 Å². The molecule has 0 fully saturated rings. The van der Waals surface area contributed by atoms with E-state index in [2.05, 4.69) is 5.32 Å². The van der Waals surface area contributed by atoms with Gasteiger partial charge in [0.05, 0.1) is 10.8 Å². The lowest BCUT2D eigenvalue weighted by Gasteiger charge is -2.18. The molecule has 0 aliphatic carbocycles. The van der Waals surface area contributed by atoms with Gasteiger partial charge in [0.1, 0.15) is 13.2 Å². The van der Waals surface area contributed by atoms with Crippen LogP contribution in [0.15, 0.2) is 23.1 Å². The molecular formula is C15H22N2O4S. The van der Waals surface area contributed by atoms with Crippen molar-refractivity contribution in [3.63, 3.8) is 0 Å². The Morgan fingerprint density at radius 1 is 1.23 bits per heavy atom. The van der Waals surface area contributed by atoms with E-state index in [4.69, 9.17) is 15.2 Å². The van der Waals surface area contributed by atoms with Crippen molar-refractivity contribution in [1.29, 1.82) is 0 Å². The topological polar surface area (TPSA) is 90.7 Å². The van der Waals surface area contributed by atoms with E-state index < -0.39 is 10.8 Å². The highest BCUT2D eigenvalue weighted by atomic mass is 32.2. The molecule has 0 radical (unpaired) electrons. The first-order valence-corrected chi connectivity index (χ1v) is 8.77. The number of rotatable bonds is 8. The molecule has 6 nitrogen and oxygen atoms in total. The number of carbonyl (C=O) groups is 1. The van der Waals surface area contributed by atoms with Gasteiger partial charge in [0, 0.05) is 29.7 Å². The van der Waals surface area contributed by atoms with Crippen LogP contribution in [-0.2, 0) is 15.6 Å². The molecule has 0 saturated heterocycles. The molecule has 7 heteroatoms. The summed E-state index contributed by atoms with van der Waals surface area (Å²) < 4.78 is 23.1. The zero-order chi connectivity index (χ0) is 15.8. The molecule has 1 unspecified atom stereocenters. The lowest BCUT2D eigenvalue weighted by Crippen LogP contribution is -2.26. The summed E-state index contributed by atoms with van der Waals surface area (Å²) in [7, 11) is -1.23. The summed E-state index contributed by atoms with van der Waals surface area (Å²) in [6.07, 6.45) is 2.00. The summed E-state index contributed by atoms with van der Waals surface area (Å²) >= 11 is 0. The van der Waals surface area contributed by atoms with Crippen LogP contribution in [0.2, 0.25) is 0 Å². The number of unbranched alkanes of at least 4 members (excludes halogenated alkanes) is 1. The number of carbonyl (C=O) groups excluding carboxylic acids is 1. The maximum atomic E-state index is 12.2. The van der Waals surface area contributed by atoms with Crippen molar-refractivity contribution in [3.05, 3.63) is 18.2 Å². The molecule has 1 heterocycles. The summed E-state index contributed by atoms with van der Waals surface area (Å²) in [5.41, 5.74) is 5.38. The Bertz CT molecular complexity index is 536. The predicted octanol–water partition coefficient (Wildman–Crippen LogP) is 0.811. The number of nitrogens with one attached hydrogen (secondary N) is 1. The fourth-order valence-electron chi connectivity index (χ4n) is 2.05. The highest BCUT2D eigenvalue weighted by molar-refractivity contribution is 7.85. The molecule has 22 heavy (non-hydrogen) atoms. The number of hydrogen-bond donors (Lipinski definition) is 2. The molecule has 0 spiro atoms. The average Bonchev–Trinajstić information content (AvgIpc) is 2.56. The molecule has 0 saturated carbocycles. The number of hydrogen-bond acceptors (Lipinski definition) is 5. The Labute approximate surface area is 132 Å². The van der Waals surface area contributed by atoms with Gasteiger partial charge < -0.3 is 20.5 Å². The second-order valence-electron chi connectivity index (χ2n) is 4.95. The van der Waals surface area contributed by atoms with Crippen molar-refractivity contribution in [2.24, 2.45) is 5.73 Å². The molecule has 1 aromatic carbocycles. The van der Waals surface area contributed by atoms with E-state index in [1.54, 1.807) is 18.2 Å². The minimum Gasteiger partial charge on any atom is -0.486 e. The highest BCUT2D eigenvalue weighted by Gasteiger charge is 2.15. The van der Waals surface area contributed by atoms with Crippen LogP contribution >= 0.6 is 0 Å². The minimum absolute atomic E-state index is 0.0806. The molecular weight excluding hydrogens is 304 g/mol. The molecule has 1 atom stereocenters. The summed E-state index contributed by atoms with van der Waals surface area (Å²) in [6.45, 7) is 2.27. The standard InChI is InChI=1S/C15H22N2O4S/c16-6-1-2-7-17-15(18)5-10-22(19)12-3-4-13-14(11-12)21-9-8-20-13/h3-4,11H,1-2,5-10,16H2,(H,17,18). The van der Waals surface area contributed by atoms with Crippen molar-refractivity contribution in [1.82, 2.24) is 5.32 Å². The van der Waals surface area contributed by atoms with Crippen LogP contribution < -0.4 is 20.5 Å². The third kappa shape index (κ3) is 4.99. The smallest absolute Gasteiger partial charge is 0.220 e. The summed E-state index contributed by atoms with van der Waals surface area (Å²) in [5.74, 6) is 1.50. The van der Waals surface area contributed by atoms with Crippen molar-refractivity contribution in [2.45, 2.75) is 24.2 Å². The quantitative estimate of drug-likeness (QED) is 0.690. The number of benzene rings is 1. The summed E-state index contributed by atoms with van der Waals surface area (Å²) in [5, 5.41) is 2.80. The zero-order valence-corrected chi connectivity index (χ0v) is 13.3. The van der Waals surface area contributed by atoms with E-state index in [0.717, 1.165) is 12.8 Å². The third-order valence-electron chi connectivity index (χ3n) is 3.24. The van der Waals surface area contributed by atoms with Gasteiger partial charge in [0.2, 0.25) is 5.91 Å². The summed E-state index contributed by atoms with van der Waals surface area (Å²) in [6, 6.07) is 5.24. The van der Waals surface area contributed by atoms with Gasteiger partial charge in [0.25, 0.3) is 0 Å². The Hall–Kier alpha value is -1.60. The van der Waals surface area contributed by atoms with E-state index in [0.29, 0.717) is 48.5 Å². The van der Waals surface area contributed by atoms with Crippen LogP contribution in [0.25, 0.3) is 0 Å². The second-order valence-corrected chi connectivity index (χ2v) is 6.52. The van der Waals surface area contributed by atoms with Gasteiger partial charge in [-0.1, -0.05) is 0 Å². The SMILES string of the molecule is NCCCCNC(=O)CCS(=O)c1ccc2c(c1)OCCO2. The first-order valence-electron chi connectivity index (χ1n) is 7.45. The molecule has 1 aromatic rings. The molecule has 3 N–H and O–H groups in total. The first-order chi connectivity index (χ1) is 10.7. The van der Waals surface area contributed by atoms with Gasteiger partial charge in [-0.15, -0.1) is 0 Å². The largest absolute Gasteiger partial charge is 0.486 e. The van der Waals surface area contributed by atoms with Crippen LogP contribution in [0.4, 0.5) is 0 Å². The first kappa shape index (κ1) is 16.8. The predicted molar refractivity (Wildman–Crippen MR) is 84.6 cm³/mol. The normalized spacial score (nSPS) is 14.4. The zero-order valence-electron chi connectivity index (χ0n) is 12.5. The van der Waals surface area contributed by atoms with Crippen LogP contribution in [0.3, 0.4) is 0 Å². The molecule has 0 aromatic heterocycles. The van der Waals surface area contributed by atoms with Gasteiger partial charge in [-0.25, -0.2) is 0 Å². The van der Waals surface area contributed by atoms with E-state index in [1.807, 2.05) is 0 Å². The number of amides is 1. The molecule has 1 aliphatic rings. The van der Waals surface area contributed by atoms with Crippen molar-refractivity contribution in [2.75, 3.05) is 32.1 Å². The highest BCUT2D eigenvalue weighted by Crippen LogP contribution is 2.31. The Balaban J connectivity index is 1.78. The van der Waals surface area contributed by atoms with Crippen LogP contribution in [-0.4, -0.2) is 42.2 Å². The Morgan fingerprint density at radius 2 is 2.00 bits per heavy atom. The maximum Gasteiger partial charge on any atom is 0.220 e. The number of fused-ring (bicyclic) bond motifs is 1. The van der Waals surface area contributed by atoms with E-state index >= 15 is 0 Å². The molecule has 122 valence electrons. The lowest BCUT2D eigenvalue weighted by atomic mass is 10.3. The van der Waals surface area contributed by atoms with Crippen LogP contribution in [0.5, 0.6) is 11.5 Å². The Morgan fingerprint density at radius 3 is 2.77 bits per heavy atom. The van der Waals surface area contributed by atoms with E-state index in [1.165, 1.54) is 0 Å². The molecule has 1 aliphatic heterocycles. The van der Waals surface area contributed by atoms with Crippen molar-refractivity contribution < 1.29 is 18.5 Å². The average molecular weight is 326 g/mol. The second kappa shape index (κ2) is 8.75. The minimum atomic E-state index is -1.23. The monoisotopic (exact) mass is 326 g/mol. The molecule has 1 amide bonds. The summed E-state index contributed by atoms with van der Waals surface area (Å²) in [4.78, 5) is 12.3. The fraction of sp³-hybridized carbons (Fsp3) is 0.533. The molecule has 2 rings (SSSR count). The molecule has 0 bridgehead atoms. The third-order valence-corrected chi connectivity index (χ3v) is 4.60. The van der Waals surface area contributed by atoms with E-state index in [-0.39, 0.29) is 12.3 Å². The Kier molecular flexibility index (Phi) is 6.67. The van der Waals surface area contributed by atoms with Crippen LogP contribution in [0.1, 0.15) is 19.3 Å². The maximum absolute atomic E-state index is 12.2. The van der Waals surface area contributed by atoms with Gasteiger partial charge >= 0.3 is 0 Å². The van der Waals surface area contributed by atoms with Gasteiger partial charge in [-0.3, -0.25) is 9.00 Å². The van der Waals surface area contributed by atoms with Crippen molar-refractivity contribution in [3.8, 4) is 11.5 Å². The van der Waals surface area contributed by atoms with Gasteiger partial charge in [0.15, 0.2) is 11.5 Å². The van der Waals surface area contributed by atoms with Gasteiger partial charge in [-0.2, -0.15) is 0 Å². The van der Waals surface area contributed by atoms with Crippen molar-refractivity contribution >= 4 is 16.7 Å². The number of ether oxygens (including phenoxy) is 2. The van der Waals surface area contributed by atoms with Crippen LogP contribution in [0, 0.1) is 0 Å². The lowest BCUT2D eigenvalue weighted by molar-refractivity contribution is -0.120. The number of nitrogens with two attached hydrogens (primary N) is 1.